The molecule has 228 valence electrons. The Kier molecular flexibility index (Phi) is 10.1. The van der Waals surface area contributed by atoms with Crippen LogP contribution < -0.4 is 33.0 Å². The first-order valence-corrected chi connectivity index (χ1v) is 14.4. The molecular formula is C33H38N8O3. The van der Waals surface area contributed by atoms with Crippen molar-refractivity contribution in [2.24, 2.45) is 5.73 Å². The molecule has 0 saturated heterocycles. The van der Waals surface area contributed by atoms with E-state index in [0.29, 0.717) is 34.6 Å². The Labute approximate surface area is 256 Å². The molecule has 1 heterocycles. The molecule has 0 fully saturated rings. The second kappa shape index (κ2) is 14.1. The number of nitrogens with one attached hydrogen (secondary N) is 4. The fourth-order valence-corrected chi connectivity index (χ4v) is 4.81. The van der Waals surface area contributed by atoms with Crippen molar-refractivity contribution in [3.63, 3.8) is 0 Å². The average molecular weight is 595 g/mol. The predicted octanol–water partition coefficient (Wildman–Crippen LogP) is 4.05. The summed E-state index contributed by atoms with van der Waals surface area (Å²) in [6.07, 6.45) is 2.12. The van der Waals surface area contributed by atoms with E-state index in [1.54, 1.807) is 42.5 Å². The number of amidine groups is 1. The Morgan fingerprint density at radius 1 is 1.02 bits per heavy atom. The fraction of sp³-hybridized carbons (Fsp3) is 0.242. The molecule has 0 aliphatic rings. The van der Waals surface area contributed by atoms with Crippen molar-refractivity contribution >= 4 is 34.8 Å². The second-order valence-corrected chi connectivity index (χ2v) is 10.8. The van der Waals surface area contributed by atoms with Crippen molar-refractivity contribution in [1.29, 1.82) is 5.41 Å². The van der Waals surface area contributed by atoms with Crippen molar-refractivity contribution in [3.05, 3.63) is 106 Å². The number of hydrogen-bond acceptors (Lipinski definition) is 7. The molecule has 1 aromatic heterocycles. The predicted molar refractivity (Wildman–Crippen MR) is 175 cm³/mol. The fourth-order valence-electron chi connectivity index (χ4n) is 4.81. The van der Waals surface area contributed by atoms with Gasteiger partial charge in [0.15, 0.2) is 5.82 Å². The van der Waals surface area contributed by atoms with Crippen LogP contribution in [0.2, 0.25) is 0 Å². The Morgan fingerprint density at radius 2 is 1.73 bits per heavy atom. The number of amides is 2. The molecule has 8 N–H and O–H groups in total. The van der Waals surface area contributed by atoms with Gasteiger partial charge in [0.25, 0.3) is 5.56 Å². The lowest BCUT2D eigenvalue weighted by Gasteiger charge is -2.18. The average Bonchev–Trinajstić information content (AvgIpc) is 2.98. The van der Waals surface area contributed by atoms with Gasteiger partial charge in [-0.05, 0) is 49.6 Å². The van der Waals surface area contributed by atoms with Crippen LogP contribution in [0.25, 0.3) is 11.3 Å². The van der Waals surface area contributed by atoms with Crippen LogP contribution in [0.4, 0.5) is 17.2 Å². The summed E-state index contributed by atoms with van der Waals surface area (Å²) in [4.78, 5) is 44.3. The molecule has 0 bridgehead atoms. The van der Waals surface area contributed by atoms with Crippen molar-refractivity contribution < 1.29 is 9.59 Å². The van der Waals surface area contributed by atoms with Gasteiger partial charge < -0.3 is 27.4 Å². The van der Waals surface area contributed by atoms with Gasteiger partial charge in [0.05, 0.1) is 17.8 Å². The number of benzene rings is 3. The summed E-state index contributed by atoms with van der Waals surface area (Å²) in [6, 6.07) is 21.5. The first-order valence-electron chi connectivity index (χ1n) is 14.4. The number of rotatable bonds is 12. The number of nitrogen functional groups attached to an aromatic ring is 2. The second-order valence-electron chi connectivity index (χ2n) is 10.8. The van der Waals surface area contributed by atoms with Crippen molar-refractivity contribution in [1.82, 2.24) is 14.9 Å². The molecule has 44 heavy (non-hydrogen) atoms. The first-order chi connectivity index (χ1) is 21.0. The zero-order valence-corrected chi connectivity index (χ0v) is 25.1. The topological polar surface area (TPSA) is 181 Å². The highest BCUT2D eigenvalue weighted by Gasteiger charge is 2.20. The number of aromatic nitrogens is 2. The minimum atomic E-state index is -0.472. The molecule has 11 heteroatoms. The standard InChI is InChI=1S/C33H38N8O3/c1-4-27(22-8-6-5-7-9-22)32(43)40-26-15-24(14-25(34)16-26)28-18-38-31(39-20(2)3)33(44)41(28)19-29(42)37-17-21-10-12-23(13-11-21)30(35)36/h5-16,18,20,27H,4,17,19,34H2,1-3H3,(H3,35,36)(H,37,42)(H,38,39)(H,40,43). The third-order valence-electron chi connectivity index (χ3n) is 6.98. The Balaban J connectivity index is 1.62. The Bertz CT molecular complexity index is 1700. The van der Waals surface area contributed by atoms with Crippen LogP contribution in [0.15, 0.2) is 83.8 Å². The lowest BCUT2D eigenvalue weighted by molar-refractivity contribution is -0.122. The summed E-state index contributed by atoms with van der Waals surface area (Å²) in [7, 11) is 0. The molecule has 4 rings (SSSR count). The monoisotopic (exact) mass is 594 g/mol. The van der Waals surface area contributed by atoms with Crippen LogP contribution >= 0.6 is 0 Å². The normalized spacial score (nSPS) is 11.5. The van der Waals surface area contributed by atoms with Gasteiger partial charge in [0.1, 0.15) is 12.4 Å². The maximum absolute atomic E-state index is 13.6. The van der Waals surface area contributed by atoms with E-state index < -0.39 is 11.5 Å². The minimum absolute atomic E-state index is 0.0402. The van der Waals surface area contributed by atoms with E-state index in [4.69, 9.17) is 16.9 Å². The van der Waals surface area contributed by atoms with Crippen LogP contribution in [-0.4, -0.2) is 33.2 Å². The summed E-state index contributed by atoms with van der Waals surface area (Å²) >= 11 is 0. The highest BCUT2D eigenvalue weighted by molar-refractivity contribution is 5.97. The molecule has 11 nitrogen and oxygen atoms in total. The maximum atomic E-state index is 13.6. The van der Waals surface area contributed by atoms with Gasteiger partial charge in [-0.1, -0.05) is 61.5 Å². The molecule has 2 amide bonds. The SMILES string of the molecule is CCC(C(=O)Nc1cc(N)cc(-c2cnc(NC(C)C)c(=O)n2CC(=O)NCc2ccc(C(=N)N)cc2)c1)c1ccccc1. The van der Waals surface area contributed by atoms with Crippen LogP contribution in [0.5, 0.6) is 0 Å². The molecule has 0 spiro atoms. The van der Waals surface area contributed by atoms with Crippen LogP contribution in [0.1, 0.15) is 49.8 Å². The van der Waals surface area contributed by atoms with Gasteiger partial charge in [-0.25, -0.2) is 4.98 Å². The van der Waals surface area contributed by atoms with Crippen molar-refractivity contribution in [2.75, 3.05) is 16.4 Å². The van der Waals surface area contributed by atoms with Gasteiger partial charge in [0, 0.05) is 35.1 Å². The largest absolute Gasteiger partial charge is 0.399 e. The zero-order chi connectivity index (χ0) is 31.8. The maximum Gasteiger partial charge on any atom is 0.294 e. The van der Waals surface area contributed by atoms with E-state index in [0.717, 1.165) is 11.1 Å². The molecule has 3 aromatic carbocycles. The molecule has 1 atom stereocenters. The molecule has 0 aliphatic carbocycles. The van der Waals surface area contributed by atoms with E-state index in [9.17, 15) is 14.4 Å². The minimum Gasteiger partial charge on any atom is -0.399 e. The smallest absolute Gasteiger partial charge is 0.294 e. The highest BCUT2D eigenvalue weighted by Crippen LogP contribution is 2.28. The quantitative estimate of drug-likeness (QED) is 0.0813. The van der Waals surface area contributed by atoms with Gasteiger partial charge in [-0.15, -0.1) is 0 Å². The summed E-state index contributed by atoms with van der Waals surface area (Å²) in [5.41, 5.74) is 15.3. The van der Waals surface area contributed by atoms with E-state index in [2.05, 4.69) is 20.9 Å². The van der Waals surface area contributed by atoms with Crippen LogP contribution in [0.3, 0.4) is 0 Å². The van der Waals surface area contributed by atoms with Gasteiger partial charge in [0.2, 0.25) is 11.8 Å². The first kappa shape index (κ1) is 31.5. The lowest BCUT2D eigenvalue weighted by Crippen LogP contribution is -2.35. The third kappa shape index (κ3) is 7.88. The highest BCUT2D eigenvalue weighted by atomic mass is 16.2. The van der Waals surface area contributed by atoms with Crippen molar-refractivity contribution in [3.8, 4) is 11.3 Å². The summed E-state index contributed by atoms with van der Waals surface area (Å²) in [6.45, 7) is 5.66. The van der Waals surface area contributed by atoms with Gasteiger partial charge in [-0.2, -0.15) is 0 Å². The number of anilines is 3. The number of carbonyl (C=O) groups excluding carboxylic acids is 2. The van der Waals surface area contributed by atoms with E-state index in [1.807, 2.05) is 51.1 Å². The molecule has 4 aromatic rings. The van der Waals surface area contributed by atoms with E-state index in [-0.39, 0.29) is 42.6 Å². The molecule has 0 aliphatic heterocycles. The number of carbonyl (C=O) groups is 2. The van der Waals surface area contributed by atoms with Gasteiger partial charge >= 0.3 is 0 Å². The Morgan fingerprint density at radius 3 is 2.36 bits per heavy atom. The summed E-state index contributed by atoms with van der Waals surface area (Å²) in [5.74, 6) is -0.858. The lowest BCUT2D eigenvalue weighted by atomic mass is 9.95. The number of nitrogens with two attached hydrogens (primary N) is 2. The molecular weight excluding hydrogens is 556 g/mol. The van der Waals surface area contributed by atoms with E-state index in [1.165, 1.54) is 10.8 Å². The van der Waals surface area contributed by atoms with Crippen molar-refractivity contribution in [2.45, 2.75) is 52.2 Å². The summed E-state index contributed by atoms with van der Waals surface area (Å²) < 4.78 is 1.34. The molecule has 1 unspecified atom stereocenters. The number of hydrogen-bond donors (Lipinski definition) is 6. The Hall–Kier alpha value is -5.45. The van der Waals surface area contributed by atoms with Crippen LogP contribution in [0, 0.1) is 5.41 Å². The van der Waals surface area contributed by atoms with Crippen LogP contribution in [-0.2, 0) is 22.7 Å². The summed E-state index contributed by atoms with van der Waals surface area (Å²) in [5, 5.41) is 16.4. The third-order valence-corrected chi connectivity index (χ3v) is 6.98. The number of nitrogens with zero attached hydrogens (tertiary/aromatic N) is 2. The zero-order valence-electron chi connectivity index (χ0n) is 25.1. The molecule has 0 saturated carbocycles. The molecule has 0 radical (unpaired) electrons. The van der Waals surface area contributed by atoms with Gasteiger partial charge in [-0.3, -0.25) is 24.4 Å². The van der Waals surface area contributed by atoms with E-state index >= 15 is 0 Å².